The van der Waals surface area contributed by atoms with Gasteiger partial charge in [-0.3, -0.25) is 9.59 Å². The van der Waals surface area contributed by atoms with Crippen molar-refractivity contribution in [2.45, 2.75) is 59.7 Å². The molecule has 2 atom stereocenters. The Morgan fingerprint density at radius 1 is 1.00 bits per heavy atom. The molecule has 168 valence electrons. The molecule has 2 aromatic rings. The van der Waals surface area contributed by atoms with E-state index in [4.69, 9.17) is 9.47 Å². The van der Waals surface area contributed by atoms with Crippen LogP contribution in [0.5, 0.6) is 11.5 Å². The van der Waals surface area contributed by atoms with Crippen LogP contribution in [0.2, 0.25) is 0 Å². The molecule has 0 aliphatic heterocycles. The van der Waals surface area contributed by atoms with Gasteiger partial charge in [0.05, 0.1) is 7.11 Å². The molecule has 31 heavy (non-hydrogen) atoms. The number of rotatable bonds is 10. The van der Waals surface area contributed by atoms with Gasteiger partial charge in [0.25, 0.3) is 5.91 Å². The van der Waals surface area contributed by atoms with Crippen molar-refractivity contribution in [1.29, 1.82) is 0 Å². The van der Waals surface area contributed by atoms with Crippen LogP contribution in [-0.2, 0) is 16.1 Å². The van der Waals surface area contributed by atoms with Crippen molar-refractivity contribution in [2.75, 3.05) is 13.7 Å². The van der Waals surface area contributed by atoms with Crippen LogP contribution in [0.4, 0.5) is 0 Å². The van der Waals surface area contributed by atoms with Gasteiger partial charge in [-0.05, 0) is 75.1 Å². The predicted octanol–water partition coefficient (Wildman–Crippen LogP) is 4.02. The maximum atomic E-state index is 13.1. The van der Waals surface area contributed by atoms with Crippen molar-refractivity contribution < 1.29 is 19.1 Å². The normalized spacial score (nSPS) is 12.6. The van der Waals surface area contributed by atoms with Crippen molar-refractivity contribution in [3.05, 3.63) is 59.2 Å². The van der Waals surface area contributed by atoms with Crippen molar-refractivity contribution >= 4 is 11.8 Å². The fraction of sp³-hybridized carbons (Fsp3) is 0.440. The van der Waals surface area contributed by atoms with E-state index in [-0.39, 0.29) is 24.5 Å². The van der Waals surface area contributed by atoms with E-state index in [0.29, 0.717) is 12.3 Å². The molecule has 1 N–H and O–H groups in total. The second-order valence-electron chi connectivity index (χ2n) is 7.98. The quantitative estimate of drug-likeness (QED) is 0.623. The van der Waals surface area contributed by atoms with Crippen molar-refractivity contribution in [3.8, 4) is 11.5 Å². The first-order chi connectivity index (χ1) is 14.7. The van der Waals surface area contributed by atoms with Gasteiger partial charge in [0, 0.05) is 12.6 Å². The molecule has 2 amide bonds. The van der Waals surface area contributed by atoms with Crippen LogP contribution >= 0.6 is 0 Å². The summed E-state index contributed by atoms with van der Waals surface area (Å²) in [6, 6.07) is 12.7. The lowest BCUT2D eigenvalue weighted by molar-refractivity contribution is -0.142. The fourth-order valence-corrected chi connectivity index (χ4v) is 3.22. The SMILES string of the molecule is CC[C@H](C)NC(=O)[C@@H](C)N(Cc1ccc(OC)cc1)C(=O)COc1cc(C)cc(C)c1. The molecule has 0 unspecified atom stereocenters. The highest BCUT2D eigenvalue weighted by Gasteiger charge is 2.27. The van der Waals surface area contributed by atoms with E-state index in [9.17, 15) is 9.59 Å². The summed E-state index contributed by atoms with van der Waals surface area (Å²) in [5.74, 6) is 0.957. The minimum Gasteiger partial charge on any atom is -0.497 e. The van der Waals surface area contributed by atoms with Crippen LogP contribution in [0.1, 0.15) is 43.9 Å². The van der Waals surface area contributed by atoms with E-state index in [0.717, 1.165) is 28.9 Å². The van der Waals surface area contributed by atoms with Crippen LogP contribution in [0.3, 0.4) is 0 Å². The molecular formula is C25H34N2O4. The molecule has 0 fully saturated rings. The lowest BCUT2D eigenvalue weighted by atomic mass is 10.1. The van der Waals surface area contributed by atoms with Crippen LogP contribution in [0.15, 0.2) is 42.5 Å². The van der Waals surface area contributed by atoms with Gasteiger partial charge in [-0.25, -0.2) is 0 Å². The number of benzene rings is 2. The third-order valence-corrected chi connectivity index (χ3v) is 5.24. The van der Waals surface area contributed by atoms with Crippen LogP contribution in [0.25, 0.3) is 0 Å². The Hall–Kier alpha value is -3.02. The number of nitrogens with one attached hydrogen (secondary N) is 1. The molecule has 6 nitrogen and oxygen atoms in total. The summed E-state index contributed by atoms with van der Waals surface area (Å²) in [6.45, 7) is 9.83. The van der Waals surface area contributed by atoms with E-state index < -0.39 is 6.04 Å². The van der Waals surface area contributed by atoms with Crippen molar-refractivity contribution in [2.24, 2.45) is 0 Å². The van der Waals surface area contributed by atoms with Crippen LogP contribution < -0.4 is 14.8 Å². The van der Waals surface area contributed by atoms with E-state index in [2.05, 4.69) is 5.32 Å². The molecule has 6 heteroatoms. The largest absolute Gasteiger partial charge is 0.497 e. The van der Waals surface area contributed by atoms with E-state index in [1.54, 1.807) is 18.9 Å². The highest BCUT2D eigenvalue weighted by atomic mass is 16.5. The van der Waals surface area contributed by atoms with Gasteiger partial charge in [0.1, 0.15) is 17.5 Å². The number of ether oxygens (including phenoxy) is 2. The summed E-state index contributed by atoms with van der Waals surface area (Å²) in [7, 11) is 1.61. The third-order valence-electron chi connectivity index (χ3n) is 5.24. The monoisotopic (exact) mass is 426 g/mol. The summed E-state index contributed by atoms with van der Waals surface area (Å²) < 4.78 is 11.0. The first-order valence-electron chi connectivity index (χ1n) is 10.7. The van der Waals surface area contributed by atoms with E-state index >= 15 is 0 Å². The third kappa shape index (κ3) is 7.31. The second-order valence-corrected chi connectivity index (χ2v) is 7.98. The van der Waals surface area contributed by atoms with Gasteiger partial charge in [-0.1, -0.05) is 25.1 Å². The van der Waals surface area contributed by atoms with Gasteiger partial charge in [0.15, 0.2) is 6.61 Å². The Morgan fingerprint density at radius 3 is 2.16 bits per heavy atom. The highest BCUT2D eigenvalue weighted by molar-refractivity contribution is 5.88. The number of carbonyl (C=O) groups excluding carboxylic acids is 2. The first-order valence-corrected chi connectivity index (χ1v) is 10.7. The fourth-order valence-electron chi connectivity index (χ4n) is 3.22. The number of aryl methyl sites for hydroxylation is 2. The average molecular weight is 427 g/mol. The molecule has 0 saturated heterocycles. The molecule has 0 bridgehead atoms. The number of hydrogen-bond donors (Lipinski definition) is 1. The molecule has 0 saturated carbocycles. The van der Waals surface area contributed by atoms with E-state index in [1.165, 1.54) is 0 Å². The summed E-state index contributed by atoms with van der Waals surface area (Å²) >= 11 is 0. The van der Waals surface area contributed by atoms with E-state index in [1.807, 2.05) is 70.2 Å². The van der Waals surface area contributed by atoms with Gasteiger partial charge in [-0.15, -0.1) is 0 Å². The molecule has 0 aliphatic carbocycles. The molecule has 0 heterocycles. The maximum absolute atomic E-state index is 13.1. The van der Waals surface area contributed by atoms with Crippen LogP contribution in [0, 0.1) is 13.8 Å². The lowest BCUT2D eigenvalue weighted by Gasteiger charge is -2.29. The second kappa shape index (κ2) is 11.4. The number of nitrogens with zero attached hydrogens (tertiary/aromatic N) is 1. The molecular weight excluding hydrogens is 392 g/mol. The molecule has 2 rings (SSSR count). The van der Waals surface area contributed by atoms with Crippen molar-refractivity contribution in [3.63, 3.8) is 0 Å². The molecule has 0 spiro atoms. The van der Waals surface area contributed by atoms with Gasteiger partial charge in [-0.2, -0.15) is 0 Å². The standard InChI is InChI=1S/C25H34N2O4/c1-7-19(4)26-25(29)20(5)27(15-21-8-10-22(30-6)11-9-21)24(28)16-31-23-13-17(2)12-18(3)14-23/h8-14,19-20H,7,15-16H2,1-6H3,(H,26,29)/t19-,20+/m0/s1. The lowest BCUT2D eigenvalue weighted by Crippen LogP contribution is -2.50. The summed E-state index contributed by atoms with van der Waals surface area (Å²) in [4.78, 5) is 27.4. The minimum atomic E-state index is -0.633. The molecule has 0 aliphatic rings. The summed E-state index contributed by atoms with van der Waals surface area (Å²) in [5.41, 5.74) is 3.04. The van der Waals surface area contributed by atoms with Gasteiger partial charge in [0.2, 0.25) is 5.91 Å². The average Bonchev–Trinajstić information content (AvgIpc) is 2.74. The zero-order chi connectivity index (χ0) is 23.0. The van der Waals surface area contributed by atoms with Gasteiger partial charge < -0.3 is 19.7 Å². The minimum absolute atomic E-state index is 0.0411. The smallest absolute Gasteiger partial charge is 0.261 e. The number of hydrogen-bond acceptors (Lipinski definition) is 4. The Balaban J connectivity index is 2.17. The number of methoxy groups -OCH3 is 1. The maximum Gasteiger partial charge on any atom is 0.261 e. The van der Waals surface area contributed by atoms with Gasteiger partial charge >= 0.3 is 0 Å². The Labute approximate surface area is 185 Å². The number of carbonyl (C=O) groups is 2. The molecule has 0 aromatic heterocycles. The Kier molecular flexibility index (Phi) is 8.91. The van der Waals surface area contributed by atoms with Crippen molar-refractivity contribution in [1.82, 2.24) is 10.2 Å². The summed E-state index contributed by atoms with van der Waals surface area (Å²) in [5, 5.41) is 2.96. The Morgan fingerprint density at radius 2 is 1.61 bits per heavy atom. The predicted molar refractivity (Wildman–Crippen MR) is 122 cm³/mol. The topological polar surface area (TPSA) is 67.9 Å². The zero-order valence-corrected chi connectivity index (χ0v) is 19.4. The zero-order valence-electron chi connectivity index (χ0n) is 19.4. The molecule has 0 radical (unpaired) electrons. The highest BCUT2D eigenvalue weighted by Crippen LogP contribution is 2.18. The Bertz CT molecular complexity index is 859. The first kappa shape index (κ1) is 24.3. The summed E-state index contributed by atoms with van der Waals surface area (Å²) in [6.07, 6.45) is 0.820. The number of amides is 2. The molecule has 2 aromatic carbocycles. The van der Waals surface area contributed by atoms with Crippen LogP contribution in [-0.4, -0.2) is 42.5 Å².